The molecule has 1 aliphatic carbocycles. The average molecular weight is 420 g/mol. The molecule has 2 heterocycles. The fraction of sp³-hybridized carbons (Fsp3) is 0.545. The van der Waals surface area contributed by atoms with Crippen LogP contribution in [-0.2, 0) is 11.3 Å². The fourth-order valence-corrected chi connectivity index (χ4v) is 5.41. The third-order valence-corrected chi connectivity index (χ3v) is 7.00. The van der Waals surface area contributed by atoms with E-state index in [4.69, 9.17) is 0 Å². The van der Waals surface area contributed by atoms with Gasteiger partial charge in [0, 0.05) is 30.6 Å². The molecule has 1 N–H and O–H groups in total. The number of nitrogens with one attached hydrogen (secondary N) is 1. The molecule has 0 bridgehead atoms. The highest BCUT2D eigenvalue weighted by Gasteiger charge is 2.33. The average Bonchev–Trinajstić information content (AvgIpc) is 3.43. The highest BCUT2D eigenvalue weighted by Crippen LogP contribution is 2.33. The van der Waals surface area contributed by atoms with Crippen LogP contribution in [0.1, 0.15) is 55.1 Å². The van der Waals surface area contributed by atoms with Gasteiger partial charge in [0.15, 0.2) is 11.6 Å². The van der Waals surface area contributed by atoms with Crippen LogP contribution in [0.25, 0.3) is 0 Å². The van der Waals surface area contributed by atoms with Crippen LogP contribution in [-0.4, -0.2) is 28.9 Å². The molecule has 1 amide bonds. The van der Waals surface area contributed by atoms with E-state index in [1.165, 1.54) is 12.1 Å². The fourth-order valence-electron chi connectivity index (χ4n) is 4.63. The van der Waals surface area contributed by atoms with Crippen LogP contribution in [0.4, 0.5) is 8.78 Å². The van der Waals surface area contributed by atoms with Gasteiger partial charge < -0.3 is 5.32 Å². The van der Waals surface area contributed by atoms with Crippen molar-refractivity contribution in [3.8, 4) is 0 Å². The Morgan fingerprint density at radius 3 is 2.76 bits per heavy atom. The van der Waals surface area contributed by atoms with Crippen molar-refractivity contribution in [2.75, 3.05) is 13.1 Å². The molecule has 1 saturated carbocycles. The summed E-state index contributed by atoms with van der Waals surface area (Å²) in [4.78, 5) is 19.6. The number of rotatable bonds is 6. The number of hydrogen-bond donors (Lipinski definition) is 1. The predicted molar refractivity (Wildman–Crippen MR) is 109 cm³/mol. The zero-order chi connectivity index (χ0) is 20.2. The van der Waals surface area contributed by atoms with Crippen molar-refractivity contribution in [1.82, 2.24) is 15.2 Å². The molecule has 2 atom stereocenters. The predicted octanol–water partition coefficient (Wildman–Crippen LogP) is 4.68. The molecule has 2 aliphatic rings. The van der Waals surface area contributed by atoms with Gasteiger partial charge in [-0.1, -0.05) is 18.9 Å². The van der Waals surface area contributed by atoms with E-state index in [1.807, 2.05) is 5.38 Å². The number of piperidine rings is 1. The van der Waals surface area contributed by atoms with Gasteiger partial charge in [-0.3, -0.25) is 9.69 Å². The Hall–Kier alpha value is -1.86. The van der Waals surface area contributed by atoms with Crippen LogP contribution in [0.15, 0.2) is 29.8 Å². The SMILES string of the molecule is O=C(N[C@@H](c1nccs1)[C@H]1CCCN(Cc2ccc(F)c(F)c2)C1)C1CCCC1. The largest absolute Gasteiger partial charge is 0.346 e. The summed E-state index contributed by atoms with van der Waals surface area (Å²) >= 11 is 1.58. The van der Waals surface area contributed by atoms with Crippen LogP contribution in [0.5, 0.6) is 0 Å². The normalized spacial score (nSPS) is 21.9. The van der Waals surface area contributed by atoms with E-state index in [2.05, 4.69) is 15.2 Å². The van der Waals surface area contributed by atoms with Crippen molar-refractivity contribution in [2.45, 2.75) is 51.1 Å². The van der Waals surface area contributed by atoms with E-state index < -0.39 is 11.6 Å². The second kappa shape index (κ2) is 9.30. The lowest BCUT2D eigenvalue weighted by Gasteiger charge is -2.37. The second-order valence-corrected chi connectivity index (χ2v) is 9.15. The van der Waals surface area contributed by atoms with Crippen LogP contribution in [0.2, 0.25) is 0 Å². The van der Waals surface area contributed by atoms with E-state index in [1.54, 1.807) is 23.6 Å². The van der Waals surface area contributed by atoms with Crippen LogP contribution >= 0.6 is 11.3 Å². The quantitative estimate of drug-likeness (QED) is 0.739. The summed E-state index contributed by atoms with van der Waals surface area (Å²) < 4.78 is 26.8. The molecule has 1 aromatic carbocycles. The number of aromatic nitrogens is 1. The highest BCUT2D eigenvalue weighted by atomic mass is 32.1. The summed E-state index contributed by atoms with van der Waals surface area (Å²) in [6.07, 6.45) is 8.03. The number of carbonyl (C=O) groups excluding carboxylic acids is 1. The number of benzene rings is 1. The van der Waals surface area contributed by atoms with Gasteiger partial charge in [0.05, 0.1) is 6.04 Å². The lowest BCUT2D eigenvalue weighted by Crippen LogP contribution is -2.43. The molecule has 0 spiro atoms. The van der Waals surface area contributed by atoms with E-state index in [0.717, 1.165) is 62.2 Å². The molecule has 1 saturated heterocycles. The smallest absolute Gasteiger partial charge is 0.223 e. The molecule has 1 aromatic heterocycles. The molecular weight excluding hydrogens is 392 g/mol. The lowest BCUT2D eigenvalue weighted by atomic mass is 9.90. The van der Waals surface area contributed by atoms with E-state index in [0.29, 0.717) is 6.54 Å². The maximum atomic E-state index is 13.6. The number of halogens is 2. The maximum absolute atomic E-state index is 13.6. The first-order chi connectivity index (χ1) is 14.1. The van der Waals surface area contributed by atoms with E-state index in [9.17, 15) is 13.6 Å². The third kappa shape index (κ3) is 5.01. The van der Waals surface area contributed by atoms with Gasteiger partial charge in [-0.2, -0.15) is 0 Å². The van der Waals surface area contributed by atoms with Crippen molar-refractivity contribution >= 4 is 17.2 Å². The Morgan fingerprint density at radius 1 is 1.21 bits per heavy atom. The number of carbonyl (C=O) groups is 1. The Bertz CT molecular complexity index is 823. The third-order valence-electron chi connectivity index (χ3n) is 6.14. The van der Waals surface area contributed by atoms with Gasteiger partial charge in [0.2, 0.25) is 5.91 Å². The number of thiazole rings is 1. The van der Waals surface area contributed by atoms with Gasteiger partial charge in [0.1, 0.15) is 5.01 Å². The zero-order valence-corrected chi connectivity index (χ0v) is 17.3. The first-order valence-corrected chi connectivity index (χ1v) is 11.3. The van der Waals surface area contributed by atoms with Gasteiger partial charge in [0.25, 0.3) is 0 Å². The van der Waals surface area contributed by atoms with Crippen molar-refractivity contribution < 1.29 is 13.6 Å². The minimum Gasteiger partial charge on any atom is -0.346 e. The molecule has 4 nitrogen and oxygen atoms in total. The lowest BCUT2D eigenvalue weighted by molar-refractivity contribution is -0.126. The Kier molecular flexibility index (Phi) is 6.55. The number of hydrogen-bond acceptors (Lipinski definition) is 4. The molecule has 2 aromatic rings. The summed E-state index contributed by atoms with van der Waals surface area (Å²) in [5.74, 6) is -1.09. The molecular formula is C22H27F2N3OS. The van der Waals surface area contributed by atoms with Crippen LogP contribution in [0.3, 0.4) is 0 Å². The molecule has 2 fully saturated rings. The summed E-state index contributed by atoms with van der Waals surface area (Å²) in [7, 11) is 0. The summed E-state index contributed by atoms with van der Waals surface area (Å²) in [6, 6.07) is 4.02. The molecule has 0 unspecified atom stereocenters. The summed E-state index contributed by atoms with van der Waals surface area (Å²) in [5, 5.41) is 6.21. The molecule has 1 aliphatic heterocycles. The van der Waals surface area contributed by atoms with E-state index in [-0.39, 0.29) is 23.8 Å². The first-order valence-electron chi connectivity index (χ1n) is 10.5. The van der Waals surface area contributed by atoms with Gasteiger partial charge >= 0.3 is 0 Å². The van der Waals surface area contributed by atoms with Crippen LogP contribution < -0.4 is 5.32 Å². The topological polar surface area (TPSA) is 45.2 Å². The standard InChI is InChI=1S/C22H27F2N3OS/c23-18-8-7-15(12-19(18)24)13-27-10-3-6-17(14-27)20(22-25-9-11-29-22)26-21(28)16-4-1-2-5-16/h7-9,11-12,16-17,20H,1-6,10,13-14H2,(H,26,28)/t17-,20+/m0/s1. The number of nitrogens with zero attached hydrogens (tertiary/aromatic N) is 2. The molecule has 0 radical (unpaired) electrons. The van der Waals surface area contributed by atoms with Crippen molar-refractivity contribution in [3.05, 3.63) is 52.0 Å². The van der Waals surface area contributed by atoms with Gasteiger partial charge in [-0.15, -0.1) is 11.3 Å². The highest BCUT2D eigenvalue weighted by molar-refractivity contribution is 7.09. The maximum Gasteiger partial charge on any atom is 0.223 e. The molecule has 29 heavy (non-hydrogen) atoms. The summed E-state index contributed by atoms with van der Waals surface area (Å²) in [6.45, 7) is 2.29. The molecule has 156 valence electrons. The molecule has 4 rings (SSSR count). The van der Waals surface area contributed by atoms with Crippen molar-refractivity contribution in [2.24, 2.45) is 11.8 Å². The minimum atomic E-state index is -0.816. The zero-order valence-electron chi connectivity index (χ0n) is 16.4. The van der Waals surface area contributed by atoms with Gasteiger partial charge in [-0.25, -0.2) is 13.8 Å². The number of amides is 1. The monoisotopic (exact) mass is 419 g/mol. The van der Waals surface area contributed by atoms with E-state index >= 15 is 0 Å². The minimum absolute atomic E-state index is 0.0872. The Labute approximate surface area is 174 Å². The van der Waals surface area contributed by atoms with Gasteiger partial charge in [-0.05, 0) is 55.8 Å². The Morgan fingerprint density at radius 2 is 2.03 bits per heavy atom. The summed E-state index contributed by atoms with van der Waals surface area (Å²) in [5.41, 5.74) is 0.769. The van der Waals surface area contributed by atoms with Crippen molar-refractivity contribution in [3.63, 3.8) is 0 Å². The first kappa shape index (κ1) is 20.4. The Balaban J connectivity index is 1.45. The second-order valence-electron chi connectivity index (χ2n) is 8.22. The van der Waals surface area contributed by atoms with Crippen LogP contribution in [0, 0.1) is 23.5 Å². The molecule has 7 heteroatoms. The number of likely N-dealkylation sites (tertiary alicyclic amines) is 1. The van der Waals surface area contributed by atoms with Crippen molar-refractivity contribution in [1.29, 1.82) is 0 Å².